The molecule has 6 heteroatoms. The minimum absolute atomic E-state index is 0.0954. The van der Waals surface area contributed by atoms with Crippen LogP contribution in [0, 0.1) is 0 Å². The van der Waals surface area contributed by atoms with Crippen LogP contribution in [0.15, 0.2) is 0 Å². The summed E-state index contributed by atoms with van der Waals surface area (Å²) in [5.41, 5.74) is 0. The molecular formula is C13H24N4O2. The van der Waals surface area contributed by atoms with Gasteiger partial charge < -0.3 is 20.9 Å². The number of amides is 3. The van der Waals surface area contributed by atoms with Crippen LogP contribution in [-0.4, -0.2) is 55.6 Å². The van der Waals surface area contributed by atoms with Crippen molar-refractivity contribution in [3.63, 3.8) is 0 Å². The number of hydrogen-bond donors (Lipinski definition) is 3. The number of carbonyl (C=O) groups excluding carboxylic acids is 2. The van der Waals surface area contributed by atoms with Crippen molar-refractivity contribution < 1.29 is 9.59 Å². The molecule has 6 nitrogen and oxygen atoms in total. The molecule has 3 amide bonds. The number of carbonyl (C=O) groups is 2. The number of likely N-dealkylation sites (N-methyl/N-ethyl adjacent to an activating group) is 1. The van der Waals surface area contributed by atoms with Crippen molar-refractivity contribution in [2.45, 2.75) is 44.2 Å². The van der Waals surface area contributed by atoms with E-state index in [1.807, 2.05) is 0 Å². The molecule has 1 unspecified atom stereocenters. The highest BCUT2D eigenvalue weighted by molar-refractivity contribution is 5.87. The lowest BCUT2D eigenvalue weighted by atomic mass is 9.96. The van der Waals surface area contributed by atoms with E-state index >= 15 is 0 Å². The van der Waals surface area contributed by atoms with Gasteiger partial charge in [0.1, 0.15) is 6.04 Å². The van der Waals surface area contributed by atoms with Gasteiger partial charge in [-0.1, -0.05) is 19.3 Å². The Morgan fingerprint density at radius 1 is 1.21 bits per heavy atom. The molecule has 19 heavy (non-hydrogen) atoms. The maximum absolute atomic E-state index is 12.3. The molecule has 1 aliphatic heterocycles. The van der Waals surface area contributed by atoms with Gasteiger partial charge in [-0.3, -0.25) is 4.79 Å². The summed E-state index contributed by atoms with van der Waals surface area (Å²) in [6.07, 6.45) is 5.75. The number of piperazine rings is 1. The Morgan fingerprint density at radius 3 is 2.63 bits per heavy atom. The van der Waals surface area contributed by atoms with E-state index in [-0.39, 0.29) is 18.0 Å². The topological polar surface area (TPSA) is 73.5 Å². The second-order valence-electron chi connectivity index (χ2n) is 5.31. The SMILES string of the molecule is CNC(=O)C1CNCCN1C(=O)NC1CCCCC1. The van der Waals surface area contributed by atoms with Crippen molar-refractivity contribution in [1.82, 2.24) is 20.9 Å². The molecule has 0 spiro atoms. The summed E-state index contributed by atoms with van der Waals surface area (Å²) in [7, 11) is 1.61. The van der Waals surface area contributed by atoms with Gasteiger partial charge in [0, 0.05) is 32.7 Å². The minimum atomic E-state index is -0.401. The average molecular weight is 268 g/mol. The first-order chi connectivity index (χ1) is 9.22. The summed E-state index contributed by atoms with van der Waals surface area (Å²) >= 11 is 0. The molecule has 3 N–H and O–H groups in total. The van der Waals surface area contributed by atoms with E-state index in [2.05, 4.69) is 16.0 Å². The van der Waals surface area contributed by atoms with E-state index in [4.69, 9.17) is 0 Å². The van der Waals surface area contributed by atoms with Gasteiger partial charge in [-0.25, -0.2) is 4.79 Å². The van der Waals surface area contributed by atoms with E-state index in [9.17, 15) is 9.59 Å². The van der Waals surface area contributed by atoms with Gasteiger partial charge in [-0.15, -0.1) is 0 Å². The van der Waals surface area contributed by atoms with Gasteiger partial charge in [0.15, 0.2) is 0 Å². The van der Waals surface area contributed by atoms with Crippen LogP contribution >= 0.6 is 0 Å². The molecule has 0 radical (unpaired) electrons. The van der Waals surface area contributed by atoms with Crippen LogP contribution in [0.2, 0.25) is 0 Å². The highest BCUT2D eigenvalue weighted by atomic mass is 16.2. The van der Waals surface area contributed by atoms with Gasteiger partial charge in [-0.05, 0) is 12.8 Å². The maximum Gasteiger partial charge on any atom is 0.318 e. The summed E-state index contributed by atoms with van der Waals surface area (Å²) in [5, 5.41) is 8.86. The number of nitrogens with one attached hydrogen (secondary N) is 3. The Bertz CT molecular complexity index is 329. The summed E-state index contributed by atoms with van der Waals surface area (Å²) in [6.45, 7) is 1.85. The smallest absolute Gasteiger partial charge is 0.318 e. The number of hydrogen-bond acceptors (Lipinski definition) is 3. The Hall–Kier alpha value is -1.30. The van der Waals surface area contributed by atoms with Crippen molar-refractivity contribution in [2.75, 3.05) is 26.7 Å². The second-order valence-corrected chi connectivity index (χ2v) is 5.31. The molecule has 1 heterocycles. The van der Waals surface area contributed by atoms with Gasteiger partial charge in [0.2, 0.25) is 5.91 Å². The van der Waals surface area contributed by atoms with Crippen LogP contribution < -0.4 is 16.0 Å². The fourth-order valence-electron chi connectivity index (χ4n) is 2.85. The van der Waals surface area contributed by atoms with Gasteiger partial charge in [-0.2, -0.15) is 0 Å². The van der Waals surface area contributed by atoms with Crippen LogP contribution in [0.25, 0.3) is 0 Å². The van der Waals surface area contributed by atoms with E-state index in [0.717, 1.165) is 19.4 Å². The van der Waals surface area contributed by atoms with E-state index < -0.39 is 6.04 Å². The fraction of sp³-hybridized carbons (Fsp3) is 0.846. The Morgan fingerprint density at radius 2 is 1.95 bits per heavy atom. The normalized spacial score (nSPS) is 24.9. The molecule has 1 saturated heterocycles. The van der Waals surface area contributed by atoms with Gasteiger partial charge in [0.25, 0.3) is 0 Å². The molecule has 2 aliphatic rings. The first-order valence-electron chi connectivity index (χ1n) is 7.22. The Balaban J connectivity index is 1.92. The van der Waals surface area contributed by atoms with Crippen molar-refractivity contribution in [3.8, 4) is 0 Å². The summed E-state index contributed by atoms with van der Waals surface area (Å²) in [6, 6.07) is -0.217. The molecule has 0 aromatic heterocycles. The predicted octanol–water partition coefficient (Wildman–Crippen LogP) is 0.0485. The van der Waals surface area contributed by atoms with Crippen LogP contribution in [0.4, 0.5) is 4.79 Å². The Labute approximate surface area is 114 Å². The first-order valence-corrected chi connectivity index (χ1v) is 7.22. The summed E-state index contributed by atoms with van der Waals surface area (Å²) in [4.78, 5) is 25.8. The molecule has 0 bridgehead atoms. The zero-order valence-electron chi connectivity index (χ0n) is 11.6. The third-order valence-electron chi connectivity index (χ3n) is 3.99. The largest absolute Gasteiger partial charge is 0.357 e. The van der Waals surface area contributed by atoms with Gasteiger partial charge >= 0.3 is 6.03 Å². The van der Waals surface area contributed by atoms with Gasteiger partial charge in [0.05, 0.1) is 0 Å². The molecule has 108 valence electrons. The van der Waals surface area contributed by atoms with Crippen LogP contribution in [0.3, 0.4) is 0 Å². The summed E-state index contributed by atoms with van der Waals surface area (Å²) in [5.74, 6) is -0.106. The average Bonchev–Trinajstić information content (AvgIpc) is 2.47. The lowest BCUT2D eigenvalue weighted by molar-refractivity contribution is -0.125. The highest BCUT2D eigenvalue weighted by Gasteiger charge is 2.32. The van der Waals surface area contributed by atoms with Crippen LogP contribution in [0.5, 0.6) is 0 Å². The maximum atomic E-state index is 12.3. The quantitative estimate of drug-likeness (QED) is 0.662. The Kier molecular flexibility index (Phi) is 5.01. The monoisotopic (exact) mass is 268 g/mol. The van der Waals surface area contributed by atoms with E-state index in [1.165, 1.54) is 19.3 Å². The second kappa shape index (κ2) is 6.75. The predicted molar refractivity (Wildman–Crippen MR) is 72.8 cm³/mol. The van der Waals surface area contributed by atoms with E-state index in [0.29, 0.717) is 13.1 Å². The first kappa shape index (κ1) is 14.1. The highest BCUT2D eigenvalue weighted by Crippen LogP contribution is 2.18. The molecule has 0 aromatic rings. The van der Waals surface area contributed by atoms with Crippen LogP contribution in [-0.2, 0) is 4.79 Å². The molecule has 2 fully saturated rings. The standard InChI is InChI=1S/C13H24N4O2/c1-14-12(18)11-9-15-7-8-17(11)13(19)16-10-5-3-2-4-6-10/h10-11,15H,2-9H2,1H3,(H,14,18)(H,16,19). The third kappa shape index (κ3) is 3.59. The summed E-state index contributed by atoms with van der Waals surface area (Å²) < 4.78 is 0. The van der Waals surface area contributed by atoms with Crippen LogP contribution in [0.1, 0.15) is 32.1 Å². The van der Waals surface area contributed by atoms with Crippen molar-refractivity contribution in [1.29, 1.82) is 0 Å². The van der Waals surface area contributed by atoms with Crippen molar-refractivity contribution in [3.05, 3.63) is 0 Å². The zero-order valence-corrected chi connectivity index (χ0v) is 11.6. The molecule has 1 saturated carbocycles. The number of urea groups is 1. The zero-order chi connectivity index (χ0) is 13.7. The molecular weight excluding hydrogens is 244 g/mol. The van der Waals surface area contributed by atoms with E-state index in [1.54, 1.807) is 11.9 Å². The minimum Gasteiger partial charge on any atom is -0.357 e. The van der Waals surface area contributed by atoms with Crippen molar-refractivity contribution in [2.24, 2.45) is 0 Å². The number of rotatable bonds is 2. The molecule has 0 aromatic carbocycles. The lowest BCUT2D eigenvalue weighted by Gasteiger charge is -2.36. The molecule has 1 atom stereocenters. The number of nitrogens with zero attached hydrogens (tertiary/aromatic N) is 1. The lowest BCUT2D eigenvalue weighted by Crippen LogP contribution is -2.62. The fourth-order valence-corrected chi connectivity index (χ4v) is 2.85. The van der Waals surface area contributed by atoms with Crippen molar-refractivity contribution >= 4 is 11.9 Å². The molecule has 1 aliphatic carbocycles. The molecule has 2 rings (SSSR count). The third-order valence-corrected chi connectivity index (χ3v) is 3.99.